The molecule has 1 aromatic rings. The molecule has 0 amide bonds. The first kappa shape index (κ1) is 17.6. The van der Waals surface area contributed by atoms with E-state index in [-0.39, 0.29) is 18.0 Å². The second kappa shape index (κ2) is 8.74. The van der Waals surface area contributed by atoms with Gasteiger partial charge in [0.15, 0.2) is 0 Å². The monoisotopic (exact) mass is 312 g/mol. The topological polar surface area (TPSA) is 79.7 Å². The molecule has 0 aliphatic rings. The lowest BCUT2D eigenvalue weighted by molar-refractivity contribution is 0.138. The predicted molar refractivity (Wildman–Crippen MR) is 79.1 cm³/mol. The van der Waals surface area contributed by atoms with Crippen LogP contribution in [-0.4, -0.2) is 56.2 Å². The van der Waals surface area contributed by atoms with Gasteiger partial charge < -0.3 is 9.84 Å². The second-order valence-electron chi connectivity index (χ2n) is 4.21. The number of aliphatic hydroxyl groups excluding tert-OH is 1. The molecule has 0 saturated heterocycles. The van der Waals surface area contributed by atoms with Crippen molar-refractivity contribution in [3.8, 4) is 11.8 Å². The van der Waals surface area contributed by atoms with Crippen molar-refractivity contribution in [2.75, 3.05) is 33.4 Å². The summed E-state index contributed by atoms with van der Waals surface area (Å²) in [6.07, 6.45) is 3.12. The number of ether oxygens (including phenoxy) is 1. The van der Waals surface area contributed by atoms with Crippen LogP contribution in [-0.2, 0) is 14.8 Å². The van der Waals surface area contributed by atoms with E-state index in [1.54, 1.807) is 0 Å². The first-order valence-corrected chi connectivity index (χ1v) is 8.05. The Kier molecular flexibility index (Phi) is 7.32. The number of sulfonamides is 1. The van der Waals surface area contributed by atoms with Crippen LogP contribution in [0.3, 0.4) is 0 Å². The fourth-order valence-corrected chi connectivity index (χ4v) is 2.63. The van der Waals surface area contributed by atoms with Crippen molar-refractivity contribution in [1.29, 1.82) is 0 Å². The van der Waals surface area contributed by atoms with Crippen molar-refractivity contribution in [3.05, 3.63) is 24.0 Å². The van der Waals surface area contributed by atoms with Gasteiger partial charge >= 0.3 is 0 Å². The predicted octanol–water partition coefficient (Wildman–Crippen LogP) is 0.472. The Labute approximate surface area is 125 Å². The number of rotatable bonds is 7. The maximum absolute atomic E-state index is 12.4. The minimum Gasteiger partial charge on any atom is -0.395 e. The van der Waals surface area contributed by atoms with Gasteiger partial charge in [-0.15, -0.1) is 0 Å². The number of likely N-dealkylation sites (N-methyl/N-ethyl adjacent to an activating group) is 1. The summed E-state index contributed by atoms with van der Waals surface area (Å²) in [7, 11) is -2.10. The standard InChI is InChI=1S/C14H20N2O4S/c1-3-20-9-7-16(2)21(18,19)14-10-13(11-15-12-14)6-4-5-8-17/h10-12,17H,3,5,7-9H2,1-2H3. The van der Waals surface area contributed by atoms with Gasteiger partial charge in [0.25, 0.3) is 0 Å². The van der Waals surface area contributed by atoms with Gasteiger partial charge in [0.05, 0.1) is 13.2 Å². The third-order valence-electron chi connectivity index (χ3n) is 2.65. The molecular formula is C14H20N2O4S. The van der Waals surface area contributed by atoms with E-state index in [9.17, 15) is 8.42 Å². The van der Waals surface area contributed by atoms with E-state index in [0.717, 1.165) is 0 Å². The van der Waals surface area contributed by atoms with Gasteiger partial charge in [-0.2, -0.15) is 4.31 Å². The summed E-state index contributed by atoms with van der Waals surface area (Å²) in [4.78, 5) is 4.00. The maximum Gasteiger partial charge on any atom is 0.244 e. The highest BCUT2D eigenvalue weighted by molar-refractivity contribution is 7.89. The van der Waals surface area contributed by atoms with E-state index in [1.807, 2.05) is 6.92 Å². The number of hydrogen-bond acceptors (Lipinski definition) is 5. The highest BCUT2D eigenvalue weighted by Gasteiger charge is 2.21. The first-order valence-electron chi connectivity index (χ1n) is 6.61. The molecule has 1 N–H and O–H groups in total. The number of aliphatic hydroxyl groups is 1. The third kappa shape index (κ3) is 5.44. The third-order valence-corrected chi connectivity index (χ3v) is 4.47. The molecule has 0 aliphatic carbocycles. The van der Waals surface area contributed by atoms with E-state index < -0.39 is 10.0 Å². The molecule has 0 radical (unpaired) electrons. The first-order chi connectivity index (χ1) is 10.0. The van der Waals surface area contributed by atoms with Crippen LogP contribution >= 0.6 is 0 Å². The highest BCUT2D eigenvalue weighted by Crippen LogP contribution is 2.14. The van der Waals surface area contributed by atoms with Crippen LogP contribution in [0.2, 0.25) is 0 Å². The summed E-state index contributed by atoms with van der Waals surface area (Å²) in [5, 5.41) is 8.67. The molecule has 0 spiro atoms. The average Bonchev–Trinajstić information content (AvgIpc) is 2.48. The summed E-state index contributed by atoms with van der Waals surface area (Å²) in [6.45, 7) is 2.99. The second-order valence-corrected chi connectivity index (χ2v) is 6.25. The summed E-state index contributed by atoms with van der Waals surface area (Å²) >= 11 is 0. The van der Waals surface area contributed by atoms with Gasteiger partial charge in [-0.3, -0.25) is 4.98 Å². The molecule has 7 heteroatoms. The van der Waals surface area contributed by atoms with Crippen molar-refractivity contribution >= 4 is 10.0 Å². The largest absolute Gasteiger partial charge is 0.395 e. The van der Waals surface area contributed by atoms with E-state index in [0.29, 0.717) is 25.2 Å². The molecule has 0 fully saturated rings. The van der Waals surface area contributed by atoms with Crippen molar-refractivity contribution in [2.45, 2.75) is 18.2 Å². The quantitative estimate of drug-likeness (QED) is 0.585. The minimum absolute atomic E-state index is 0.0292. The van der Waals surface area contributed by atoms with Crippen LogP contribution in [0.1, 0.15) is 18.9 Å². The molecule has 0 bridgehead atoms. The molecular weight excluding hydrogens is 292 g/mol. The Bertz CT molecular complexity index is 605. The Morgan fingerprint density at radius 2 is 2.19 bits per heavy atom. The zero-order valence-corrected chi connectivity index (χ0v) is 13.1. The van der Waals surface area contributed by atoms with Crippen LogP contribution in [0.25, 0.3) is 0 Å². The average molecular weight is 312 g/mol. The van der Waals surface area contributed by atoms with Crippen LogP contribution in [0.4, 0.5) is 0 Å². The van der Waals surface area contributed by atoms with Gasteiger partial charge in [0.2, 0.25) is 10.0 Å². The normalized spacial score (nSPS) is 11.2. The summed E-state index contributed by atoms with van der Waals surface area (Å²) in [6, 6.07) is 1.48. The molecule has 0 aromatic carbocycles. The lowest BCUT2D eigenvalue weighted by Gasteiger charge is -2.16. The summed E-state index contributed by atoms with van der Waals surface area (Å²) in [5.41, 5.74) is 0.503. The van der Waals surface area contributed by atoms with E-state index in [1.165, 1.54) is 29.8 Å². The number of hydrogen-bond donors (Lipinski definition) is 1. The SMILES string of the molecule is CCOCCN(C)S(=O)(=O)c1cncc(C#CCCO)c1. The molecule has 0 atom stereocenters. The molecule has 0 saturated carbocycles. The van der Waals surface area contributed by atoms with E-state index in [2.05, 4.69) is 16.8 Å². The highest BCUT2D eigenvalue weighted by atomic mass is 32.2. The molecule has 0 aliphatic heterocycles. The van der Waals surface area contributed by atoms with Gasteiger partial charge in [0, 0.05) is 44.6 Å². The maximum atomic E-state index is 12.4. The fourth-order valence-electron chi connectivity index (χ4n) is 1.49. The van der Waals surface area contributed by atoms with E-state index >= 15 is 0 Å². The Hall–Kier alpha value is -1.46. The molecule has 1 heterocycles. The van der Waals surface area contributed by atoms with Crippen molar-refractivity contribution in [1.82, 2.24) is 9.29 Å². The molecule has 6 nitrogen and oxygen atoms in total. The summed E-state index contributed by atoms with van der Waals surface area (Å²) < 4.78 is 31.1. The lowest BCUT2D eigenvalue weighted by atomic mass is 10.3. The zero-order valence-electron chi connectivity index (χ0n) is 12.2. The molecule has 116 valence electrons. The minimum atomic E-state index is -3.60. The smallest absolute Gasteiger partial charge is 0.244 e. The zero-order chi connectivity index (χ0) is 15.7. The Morgan fingerprint density at radius 3 is 2.86 bits per heavy atom. The van der Waals surface area contributed by atoms with Crippen molar-refractivity contribution in [3.63, 3.8) is 0 Å². The van der Waals surface area contributed by atoms with Gasteiger partial charge in [0.1, 0.15) is 4.90 Å². The van der Waals surface area contributed by atoms with Crippen molar-refractivity contribution in [2.24, 2.45) is 0 Å². The van der Waals surface area contributed by atoms with E-state index in [4.69, 9.17) is 9.84 Å². The number of nitrogens with zero attached hydrogens (tertiary/aromatic N) is 2. The molecule has 1 rings (SSSR count). The molecule has 1 aromatic heterocycles. The lowest BCUT2D eigenvalue weighted by Crippen LogP contribution is -2.30. The molecule has 0 unspecified atom stereocenters. The number of aromatic nitrogens is 1. The van der Waals surface area contributed by atoms with Crippen LogP contribution in [0.5, 0.6) is 0 Å². The van der Waals surface area contributed by atoms with Gasteiger partial charge in [-0.25, -0.2) is 8.42 Å². The van der Waals surface area contributed by atoms with Crippen molar-refractivity contribution < 1.29 is 18.3 Å². The van der Waals surface area contributed by atoms with Crippen LogP contribution < -0.4 is 0 Å². The van der Waals surface area contributed by atoms with Gasteiger partial charge in [-0.05, 0) is 13.0 Å². The Morgan fingerprint density at radius 1 is 1.43 bits per heavy atom. The number of pyridine rings is 1. The molecule has 21 heavy (non-hydrogen) atoms. The van der Waals surface area contributed by atoms with Crippen LogP contribution in [0, 0.1) is 11.8 Å². The fraction of sp³-hybridized carbons (Fsp3) is 0.500. The summed E-state index contributed by atoms with van der Waals surface area (Å²) in [5.74, 6) is 5.50. The van der Waals surface area contributed by atoms with Crippen LogP contribution in [0.15, 0.2) is 23.4 Å². The Balaban J connectivity index is 2.88. The van der Waals surface area contributed by atoms with Gasteiger partial charge in [-0.1, -0.05) is 11.8 Å².